The molecule has 1 N–H and O–H groups in total. The lowest BCUT2D eigenvalue weighted by Gasteiger charge is -2.24. The zero-order valence-corrected chi connectivity index (χ0v) is 11.5. The predicted octanol–water partition coefficient (Wildman–Crippen LogP) is 2.02. The number of rotatable bonds is 5. The zero-order chi connectivity index (χ0) is 13.5. The summed E-state index contributed by atoms with van der Waals surface area (Å²) >= 11 is 0. The Kier molecular flexibility index (Phi) is 5.01. The number of urea groups is 1. The third-order valence-electron chi connectivity index (χ3n) is 3.41. The van der Waals surface area contributed by atoms with Crippen LogP contribution in [0.25, 0.3) is 0 Å². The highest BCUT2D eigenvalue weighted by atomic mass is 16.2. The zero-order valence-electron chi connectivity index (χ0n) is 11.5. The third kappa shape index (κ3) is 4.43. The second-order valence-corrected chi connectivity index (χ2v) is 5.01. The van der Waals surface area contributed by atoms with Crippen molar-refractivity contribution >= 4 is 6.03 Å². The quantitative estimate of drug-likeness (QED) is 0.825. The van der Waals surface area contributed by atoms with Crippen molar-refractivity contribution in [3.05, 3.63) is 30.9 Å². The fourth-order valence-corrected chi connectivity index (χ4v) is 2.22. The van der Waals surface area contributed by atoms with Gasteiger partial charge in [-0.1, -0.05) is 12.2 Å². The Balaban J connectivity index is 1.65. The van der Waals surface area contributed by atoms with Gasteiger partial charge in [-0.15, -0.1) is 0 Å². The van der Waals surface area contributed by atoms with Crippen molar-refractivity contribution in [2.45, 2.75) is 38.3 Å². The van der Waals surface area contributed by atoms with Crippen molar-refractivity contribution < 1.29 is 4.79 Å². The van der Waals surface area contributed by atoms with E-state index in [1.807, 2.05) is 17.8 Å². The number of amides is 2. The fourth-order valence-electron chi connectivity index (χ4n) is 2.22. The summed E-state index contributed by atoms with van der Waals surface area (Å²) in [7, 11) is 1.85. The number of aryl methyl sites for hydroxylation is 1. The normalized spacial score (nSPS) is 18.3. The smallest absolute Gasteiger partial charge is 0.317 e. The van der Waals surface area contributed by atoms with Gasteiger partial charge in [0.2, 0.25) is 0 Å². The standard InChI is InChI=1S/C14H22N4O/c1-17(9-5-10-18-11-8-15-12-18)14(19)16-13-6-3-2-4-7-13/h2-3,8,11-13H,4-7,9-10H2,1H3,(H,16,19). The van der Waals surface area contributed by atoms with Gasteiger partial charge < -0.3 is 14.8 Å². The number of hydrogen-bond donors (Lipinski definition) is 1. The molecule has 1 aromatic heterocycles. The third-order valence-corrected chi connectivity index (χ3v) is 3.41. The lowest BCUT2D eigenvalue weighted by molar-refractivity contribution is 0.202. The molecule has 2 amide bonds. The molecule has 2 rings (SSSR count). The molecular weight excluding hydrogens is 240 g/mol. The monoisotopic (exact) mass is 262 g/mol. The first kappa shape index (κ1) is 13.6. The summed E-state index contributed by atoms with van der Waals surface area (Å²) in [6.45, 7) is 1.65. The van der Waals surface area contributed by atoms with Crippen LogP contribution >= 0.6 is 0 Å². The first-order valence-electron chi connectivity index (χ1n) is 6.88. The molecule has 1 heterocycles. The van der Waals surface area contributed by atoms with Gasteiger partial charge in [0, 0.05) is 38.6 Å². The van der Waals surface area contributed by atoms with Crippen LogP contribution in [-0.4, -0.2) is 40.1 Å². The SMILES string of the molecule is CN(CCCn1ccnc1)C(=O)NC1CC=CCC1. The highest BCUT2D eigenvalue weighted by molar-refractivity contribution is 5.74. The Labute approximate surface area is 114 Å². The second kappa shape index (κ2) is 6.97. The van der Waals surface area contributed by atoms with Gasteiger partial charge in [-0.2, -0.15) is 0 Å². The summed E-state index contributed by atoms with van der Waals surface area (Å²) in [4.78, 5) is 17.7. The van der Waals surface area contributed by atoms with Crippen molar-refractivity contribution in [2.24, 2.45) is 0 Å². The first-order valence-corrected chi connectivity index (χ1v) is 6.88. The summed E-state index contributed by atoms with van der Waals surface area (Å²) < 4.78 is 2.03. The van der Waals surface area contributed by atoms with Crippen molar-refractivity contribution in [2.75, 3.05) is 13.6 Å². The molecule has 1 aromatic rings. The van der Waals surface area contributed by atoms with Crippen molar-refractivity contribution in [1.29, 1.82) is 0 Å². The Morgan fingerprint density at radius 2 is 2.42 bits per heavy atom. The Hall–Kier alpha value is -1.78. The summed E-state index contributed by atoms with van der Waals surface area (Å²) in [5, 5.41) is 3.08. The molecule has 0 fully saturated rings. The van der Waals surface area contributed by atoms with Crippen molar-refractivity contribution in [3.8, 4) is 0 Å². The molecule has 0 aromatic carbocycles. The van der Waals surface area contributed by atoms with Gasteiger partial charge in [0.1, 0.15) is 0 Å². The largest absolute Gasteiger partial charge is 0.337 e. The van der Waals surface area contributed by atoms with Crippen LogP contribution in [0, 0.1) is 0 Å². The second-order valence-electron chi connectivity index (χ2n) is 5.01. The Bertz CT molecular complexity index is 413. The number of nitrogens with zero attached hydrogens (tertiary/aromatic N) is 3. The molecule has 0 aliphatic heterocycles. The summed E-state index contributed by atoms with van der Waals surface area (Å²) in [6.07, 6.45) is 13.8. The molecule has 1 unspecified atom stereocenters. The highest BCUT2D eigenvalue weighted by Crippen LogP contribution is 2.10. The summed E-state index contributed by atoms with van der Waals surface area (Å²) in [6, 6.07) is 0.333. The molecule has 19 heavy (non-hydrogen) atoms. The van der Waals surface area contributed by atoms with Crippen molar-refractivity contribution in [1.82, 2.24) is 19.8 Å². The van der Waals surface area contributed by atoms with E-state index < -0.39 is 0 Å². The minimum Gasteiger partial charge on any atom is -0.337 e. The number of carbonyl (C=O) groups excluding carboxylic acids is 1. The maximum Gasteiger partial charge on any atom is 0.317 e. The molecule has 0 bridgehead atoms. The van der Waals surface area contributed by atoms with E-state index in [4.69, 9.17) is 0 Å². The van der Waals surface area contributed by atoms with E-state index in [1.54, 1.807) is 17.4 Å². The van der Waals surface area contributed by atoms with Crippen LogP contribution in [0.3, 0.4) is 0 Å². The van der Waals surface area contributed by atoms with Gasteiger partial charge in [0.25, 0.3) is 0 Å². The molecule has 0 spiro atoms. The van der Waals surface area contributed by atoms with E-state index >= 15 is 0 Å². The molecular formula is C14H22N4O. The molecule has 0 saturated carbocycles. The minimum atomic E-state index is 0.0333. The lowest BCUT2D eigenvalue weighted by Crippen LogP contribution is -2.43. The number of allylic oxidation sites excluding steroid dienone is 1. The highest BCUT2D eigenvalue weighted by Gasteiger charge is 2.15. The van der Waals surface area contributed by atoms with Crippen LogP contribution in [0.4, 0.5) is 4.79 Å². The van der Waals surface area contributed by atoms with Gasteiger partial charge in [0.05, 0.1) is 6.33 Å². The van der Waals surface area contributed by atoms with Gasteiger partial charge in [-0.3, -0.25) is 0 Å². The van der Waals surface area contributed by atoms with Crippen LogP contribution in [0.1, 0.15) is 25.7 Å². The van der Waals surface area contributed by atoms with E-state index in [9.17, 15) is 4.79 Å². The van der Waals surface area contributed by atoms with Crippen LogP contribution < -0.4 is 5.32 Å². The average molecular weight is 262 g/mol. The number of nitrogens with one attached hydrogen (secondary N) is 1. The molecule has 1 atom stereocenters. The van der Waals surface area contributed by atoms with E-state index in [0.29, 0.717) is 6.04 Å². The molecule has 1 aliphatic carbocycles. The van der Waals surface area contributed by atoms with Crippen LogP contribution in [0.2, 0.25) is 0 Å². The van der Waals surface area contributed by atoms with Crippen molar-refractivity contribution in [3.63, 3.8) is 0 Å². The maximum absolute atomic E-state index is 12.0. The molecule has 0 radical (unpaired) electrons. The average Bonchev–Trinajstić information content (AvgIpc) is 2.93. The van der Waals surface area contributed by atoms with Gasteiger partial charge in [0.15, 0.2) is 0 Å². The molecule has 0 saturated heterocycles. The van der Waals surface area contributed by atoms with Gasteiger partial charge in [-0.25, -0.2) is 9.78 Å². The summed E-state index contributed by atoms with van der Waals surface area (Å²) in [5.74, 6) is 0. The molecule has 1 aliphatic rings. The van der Waals surface area contributed by atoms with E-state index in [1.165, 1.54) is 0 Å². The number of aromatic nitrogens is 2. The van der Waals surface area contributed by atoms with Crippen LogP contribution in [-0.2, 0) is 6.54 Å². The topological polar surface area (TPSA) is 50.2 Å². The van der Waals surface area contributed by atoms with Gasteiger partial charge >= 0.3 is 6.03 Å². The van der Waals surface area contributed by atoms with Crippen LogP contribution in [0.15, 0.2) is 30.9 Å². The molecule has 5 nitrogen and oxygen atoms in total. The van der Waals surface area contributed by atoms with E-state index in [0.717, 1.165) is 38.8 Å². The molecule has 5 heteroatoms. The predicted molar refractivity (Wildman–Crippen MR) is 74.8 cm³/mol. The fraction of sp³-hybridized carbons (Fsp3) is 0.571. The minimum absolute atomic E-state index is 0.0333. The number of hydrogen-bond acceptors (Lipinski definition) is 2. The Morgan fingerprint density at radius 1 is 1.53 bits per heavy atom. The Morgan fingerprint density at radius 3 is 3.11 bits per heavy atom. The number of carbonyl (C=O) groups is 1. The maximum atomic E-state index is 12.0. The summed E-state index contributed by atoms with van der Waals surface area (Å²) in [5.41, 5.74) is 0. The van der Waals surface area contributed by atoms with E-state index in [-0.39, 0.29) is 6.03 Å². The number of imidazole rings is 1. The molecule has 104 valence electrons. The van der Waals surface area contributed by atoms with Gasteiger partial charge in [-0.05, 0) is 25.7 Å². The van der Waals surface area contributed by atoms with Crippen LogP contribution in [0.5, 0.6) is 0 Å². The first-order chi connectivity index (χ1) is 9.25. The van der Waals surface area contributed by atoms with E-state index in [2.05, 4.69) is 22.5 Å². The lowest BCUT2D eigenvalue weighted by atomic mass is 10.0.